The van der Waals surface area contributed by atoms with E-state index in [2.05, 4.69) is 9.47 Å². The normalized spacial score (nSPS) is 11.3. The lowest BCUT2D eigenvalue weighted by molar-refractivity contribution is -0.173. The van der Waals surface area contributed by atoms with Crippen LogP contribution in [0.5, 0.6) is 0 Å². The summed E-state index contributed by atoms with van der Waals surface area (Å²) in [6.07, 6.45) is 0.894. The Kier molecular flexibility index (Phi) is 4.52. The van der Waals surface area contributed by atoms with E-state index in [1.54, 1.807) is 0 Å². The Morgan fingerprint density at radius 2 is 2.05 bits per heavy atom. The van der Waals surface area contributed by atoms with Crippen molar-refractivity contribution in [3.63, 3.8) is 0 Å². The molecule has 1 aromatic heterocycles. The molecule has 1 rings (SSSR count). The Hall–Kier alpha value is -1.63. The van der Waals surface area contributed by atoms with Gasteiger partial charge in [0, 0.05) is 13.2 Å². The number of rotatable bonds is 4. The molecular formula is C11H12ClF2NO4. The van der Waals surface area contributed by atoms with Gasteiger partial charge in [-0.2, -0.15) is 8.78 Å². The predicted molar refractivity (Wildman–Crippen MR) is 62.3 cm³/mol. The molecule has 1 heterocycles. The van der Waals surface area contributed by atoms with Gasteiger partial charge < -0.3 is 14.0 Å². The van der Waals surface area contributed by atoms with Crippen molar-refractivity contribution in [1.29, 1.82) is 0 Å². The Balaban J connectivity index is 3.29. The third-order valence-corrected chi connectivity index (χ3v) is 2.75. The predicted octanol–water partition coefficient (Wildman–Crippen LogP) is 2.12. The second kappa shape index (κ2) is 5.56. The van der Waals surface area contributed by atoms with Gasteiger partial charge in [-0.15, -0.1) is 0 Å². The minimum atomic E-state index is -3.93. The summed E-state index contributed by atoms with van der Waals surface area (Å²) in [6, 6.07) is 0. The molecule has 106 valence electrons. The summed E-state index contributed by atoms with van der Waals surface area (Å²) in [5.74, 6) is -6.53. The molecule has 0 saturated carbocycles. The fourth-order valence-electron chi connectivity index (χ4n) is 1.48. The molecule has 1 aromatic rings. The highest BCUT2D eigenvalue weighted by molar-refractivity contribution is 6.34. The third kappa shape index (κ3) is 2.70. The molecule has 0 fully saturated rings. The molecule has 8 heteroatoms. The monoisotopic (exact) mass is 295 g/mol. The maximum absolute atomic E-state index is 13.8. The Bertz CT molecular complexity index is 513. The second-order valence-corrected chi connectivity index (χ2v) is 3.98. The first kappa shape index (κ1) is 15.4. The first-order valence-electron chi connectivity index (χ1n) is 5.26. The van der Waals surface area contributed by atoms with E-state index in [0.29, 0.717) is 0 Å². The number of alkyl halides is 2. The Labute approximate surface area is 113 Å². The van der Waals surface area contributed by atoms with Crippen molar-refractivity contribution in [3.8, 4) is 0 Å². The number of nitrogens with zero attached hydrogens (tertiary/aromatic N) is 1. The van der Waals surface area contributed by atoms with Gasteiger partial charge in [0.15, 0.2) is 0 Å². The third-order valence-electron chi connectivity index (χ3n) is 2.37. The first-order chi connectivity index (χ1) is 8.77. The minimum Gasteiger partial charge on any atom is -0.464 e. The standard InChI is InChI=1S/C11H12ClF2NO4/c1-4-19-10(17)11(13,14)6-5-15(2)8(7(6)12)9(16)18-3/h5H,4H2,1-3H3. The highest BCUT2D eigenvalue weighted by Crippen LogP contribution is 2.37. The number of carbonyl (C=O) groups is 2. The van der Waals surface area contributed by atoms with Crippen LogP contribution in [0.25, 0.3) is 0 Å². The highest BCUT2D eigenvalue weighted by atomic mass is 35.5. The van der Waals surface area contributed by atoms with E-state index in [4.69, 9.17) is 11.6 Å². The van der Waals surface area contributed by atoms with Crippen molar-refractivity contribution in [1.82, 2.24) is 4.57 Å². The van der Waals surface area contributed by atoms with Crippen molar-refractivity contribution in [2.45, 2.75) is 12.8 Å². The largest absolute Gasteiger partial charge is 0.464 e. The van der Waals surface area contributed by atoms with Crippen LogP contribution in [0.1, 0.15) is 23.0 Å². The van der Waals surface area contributed by atoms with E-state index in [1.165, 1.54) is 14.0 Å². The topological polar surface area (TPSA) is 57.5 Å². The SMILES string of the molecule is CCOC(=O)C(F)(F)c1cn(C)c(C(=O)OC)c1Cl. The number of ether oxygens (including phenoxy) is 2. The van der Waals surface area contributed by atoms with E-state index >= 15 is 0 Å². The van der Waals surface area contributed by atoms with Crippen LogP contribution in [0.15, 0.2) is 6.20 Å². The Morgan fingerprint density at radius 1 is 1.47 bits per heavy atom. The fraction of sp³-hybridized carbons (Fsp3) is 0.455. The van der Waals surface area contributed by atoms with Gasteiger partial charge in [0.2, 0.25) is 0 Å². The summed E-state index contributed by atoms with van der Waals surface area (Å²) in [6.45, 7) is 1.21. The van der Waals surface area contributed by atoms with Gasteiger partial charge in [-0.3, -0.25) is 0 Å². The van der Waals surface area contributed by atoms with Crippen LogP contribution in [0.3, 0.4) is 0 Å². The molecule has 5 nitrogen and oxygen atoms in total. The van der Waals surface area contributed by atoms with Gasteiger partial charge in [0.25, 0.3) is 0 Å². The number of aromatic nitrogens is 1. The summed E-state index contributed by atoms with van der Waals surface area (Å²) in [5, 5.41) is -0.535. The second-order valence-electron chi connectivity index (χ2n) is 3.60. The maximum Gasteiger partial charge on any atom is 0.382 e. The summed E-state index contributed by atoms with van der Waals surface area (Å²) >= 11 is 5.72. The molecule has 0 spiro atoms. The first-order valence-corrected chi connectivity index (χ1v) is 5.63. The van der Waals surface area contributed by atoms with Crippen LogP contribution < -0.4 is 0 Å². The number of methoxy groups -OCH3 is 1. The molecule has 0 amide bonds. The maximum atomic E-state index is 13.8. The van der Waals surface area contributed by atoms with Crippen LogP contribution in [-0.4, -0.2) is 30.2 Å². The van der Waals surface area contributed by atoms with Crippen LogP contribution in [0, 0.1) is 0 Å². The molecule has 0 aromatic carbocycles. The molecule has 0 aliphatic heterocycles. The average Bonchev–Trinajstić information content (AvgIpc) is 2.65. The van der Waals surface area contributed by atoms with E-state index in [9.17, 15) is 18.4 Å². The van der Waals surface area contributed by atoms with Gasteiger partial charge in [-0.1, -0.05) is 11.6 Å². The molecular weight excluding hydrogens is 284 g/mol. The lowest BCUT2D eigenvalue weighted by Gasteiger charge is -2.13. The molecule has 0 N–H and O–H groups in total. The number of hydrogen-bond donors (Lipinski definition) is 0. The summed E-state index contributed by atoms with van der Waals surface area (Å²) in [4.78, 5) is 22.6. The molecule has 0 bridgehead atoms. The fourth-order valence-corrected chi connectivity index (χ4v) is 1.86. The van der Waals surface area contributed by atoms with E-state index in [1.807, 2.05) is 0 Å². The lowest BCUT2D eigenvalue weighted by Crippen LogP contribution is -2.28. The number of halogens is 3. The number of hydrogen-bond acceptors (Lipinski definition) is 4. The smallest absolute Gasteiger partial charge is 0.382 e. The van der Waals surface area contributed by atoms with Gasteiger partial charge in [-0.05, 0) is 6.92 Å². The van der Waals surface area contributed by atoms with Crippen molar-refractivity contribution in [2.75, 3.05) is 13.7 Å². The molecule has 19 heavy (non-hydrogen) atoms. The summed E-state index contributed by atoms with van der Waals surface area (Å²) in [5.41, 5.74) is -1.06. The van der Waals surface area contributed by atoms with E-state index < -0.39 is 28.4 Å². The minimum absolute atomic E-state index is 0.192. The zero-order chi connectivity index (χ0) is 14.8. The van der Waals surface area contributed by atoms with Gasteiger partial charge in [-0.25, -0.2) is 9.59 Å². The molecule has 0 aliphatic rings. The van der Waals surface area contributed by atoms with Crippen molar-refractivity contribution >= 4 is 23.5 Å². The molecule has 0 atom stereocenters. The van der Waals surface area contributed by atoms with Crippen molar-refractivity contribution in [3.05, 3.63) is 22.5 Å². The molecule has 0 unspecified atom stereocenters. The van der Waals surface area contributed by atoms with Crippen molar-refractivity contribution < 1.29 is 27.8 Å². The number of esters is 2. The van der Waals surface area contributed by atoms with E-state index in [0.717, 1.165) is 17.9 Å². The molecule has 0 aliphatic carbocycles. The van der Waals surface area contributed by atoms with Gasteiger partial charge >= 0.3 is 17.9 Å². The van der Waals surface area contributed by atoms with Crippen LogP contribution in [0.4, 0.5) is 8.78 Å². The molecule has 0 saturated heterocycles. The van der Waals surface area contributed by atoms with Crippen LogP contribution in [0.2, 0.25) is 5.02 Å². The molecule has 0 radical (unpaired) electrons. The van der Waals surface area contributed by atoms with E-state index in [-0.39, 0.29) is 12.3 Å². The van der Waals surface area contributed by atoms with Crippen LogP contribution >= 0.6 is 11.6 Å². The zero-order valence-corrected chi connectivity index (χ0v) is 11.3. The Morgan fingerprint density at radius 3 is 2.53 bits per heavy atom. The van der Waals surface area contributed by atoms with Gasteiger partial charge in [0.05, 0.1) is 24.3 Å². The van der Waals surface area contributed by atoms with Gasteiger partial charge in [0.1, 0.15) is 5.69 Å². The number of carbonyl (C=O) groups excluding carboxylic acids is 2. The number of aryl methyl sites for hydroxylation is 1. The quantitative estimate of drug-likeness (QED) is 0.798. The average molecular weight is 296 g/mol. The zero-order valence-electron chi connectivity index (χ0n) is 10.5. The highest BCUT2D eigenvalue weighted by Gasteiger charge is 2.46. The summed E-state index contributed by atoms with van der Waals surface area (Å²) < 4.78 is 37.4. The summed E-state index contributed by atoms with van der Waals surface area (Å²) in [7, 11) is 2.43. The van der Waals surface area contributed by atoms with Crippen LogP contribution in [-0.2, 0) is 27.2 Å². The van der Waals surface area contributed by atoms with Crippen molar-refractivity contribution in [2.24, 2.45) is 7.05 Å². The lowest BCUT2D eigenvalue weighted by atomic mass is 10.1.